The number of esters is 1. The molecule has 2 nitrogen and oxygen atoms in total. The number of aryl methyl sites for hydroxylation is 1. The molecule has 0 aromatic heterocycles. The summed E-state index contributed by atoms with van der Waals surface area (Å²) in [5.41, 5.74) is 3.78. The van der Waals surface area contributed by atoms with Crippen molar-refractivity contribution in [3.8, 4) is 11.1 Å². The van der Waals surface area contributed by atoms with Crippen molar-refractivity contribution < 1.29 is 63.3 Å². The van der Waals surface area contributed by atoms with Crippen molar-refractivity contribution in [3.05, 3.63) is 59.7 Å². The van der Waals surface area contributed by atoms with Crippen LogP contribution in [0, 0.1) is 19.1 Å². The maximum atomic E-state index is 11.3. The molecule has 2 aromatic carbocycles. The van der Waals surface area contributed by atoms with E-state index < -0.39 is 0 Å². The minimum absolute atomic E-state index is 0. The summed E-state index contributed by atoms with van der Waals surface area (Å²) >= 11 is 0. The molecule has 0 aliphatic carbocycles. The van der Waals surface area contributed by atoms with Crippen LogP contribution in [-0.4, -0.2) is 13.1 Å². The molecule has 0 aliphatic heterocycles. The van der Waals surface area contributed by atoms with Gasteiger partial charge < -0.3 is 4.74 Å². The van der Waals surface area contributed by atoms with Crippen LogP contribution in [0.25, 0.3) is 11.1 Å². The maximum absolute atomic E-state index is 11.3. The molecule has 0 atom stereocenters. The Kier molecular flexibility index (Phi) is 20.8. The summed E-state index contributed by atoms with van der Waals surface area (Å²) in [6.07, 6.45) is 0.247. The fourth-order valence-corrected chi connectivity index (χ4v) is 1.71. The molecule has 24 heavy (non-hydrogen) atoms. The minimum Gasteiger partial charge on any atom is -0.469 e. The van der Waals surface area contributed by atoms with E-state index in [0.29, 0.717) is 0 Å². The van der Waals surface area contributed by atoms with Gasteiger partial charge in [-0.05, 0) is 0 Å². The van der Waals surface area contributed by atoms with Crippen LogP contribution in [0.1, 0.15) is 38.8 Å². The van der Waals surface area contributed by atoms with E-state index in [-0.39, 0.29) is 66.2 Å². The van der Waals surface area contributed by atoms with Crippen molar-refractivity contribution in [1.29, 1.82) is 0 Å². The third-order valence-electron chi connectivity index (χ3n) is 2.80. The predicted molar refractivity (Wildman–Crippen MR) is 92.7 cm³/mol. The summed E-state index contributed by atoms with van der Waals surface area (Å²) in [5.74, 6) is -0.250. The zero-order valence-electron chi connectivity index (χ0n) is 15.5. The number of methoxy groups -OCH3 is 1. The van der Waals surface area contributed by atoms with E-state index in [1.807, 2.05) is 71.0 Å². The fourth-order valence-electron chi connectivity index (χ4n) is 1.71. The maximum Gasteiger partial charge on any atom is 0.306 e. The number of rotatable bonds is 3. The Balaban J connectivity index is -0.000000684. The molecule has 2 aromatic rings. The third-order valence-corrected chi connectivity index (χ3v) is 2.80. The average molecular weight is 571 g/mol. The zero-order valence-corrected chi connectivity index (χ0v) is 21.2. The molecule has 129 valence electrons. The van der Waals surface area contributed by atoms with Gasteiger partial charge in [0.05, 0.1) is 7.11 Å². The fraction of sp³-hybridized carbons (Fsp3) is 0.350. The molecule has 0 spiro atoms. The van der Waals surface area contributed by atoms with E-state index in [1.165, 1.54) is 7.11 Å². The molecule has 0 bridgehead atoms. The van der Waals surface area contributed by atoms with Gasteiger partial charge in [-0.3, -0.25) is 22.5 Å². The number of carbonyl (C=O) groups excluding carboxylic acids is 1. The van der Waals surface area contributed by atoms with Gasteiger partial charge in [-0.15, -0.1) is 19.1 Å². The van der Waals surface area contributed by atoms with E-state index >= 15 is 0 Å². The monoisotopic (exact) mass is 571 g/mol. The van der Waals surface area contributed by atoms with Crippen molar-refractivity contribution in [2.45, 2.75) is 41.0 Å². The van der Waals surface area contributed by atoms with Crippen LogP contribution < -0.4 is 0 Å². The molecule has 0 heterocycles. The summed E-state index contributed by atoms with van der Waals surface area (Å²) in [6.45, 7) is 9.94. The molecular formula is C20H26O2WY-2. The summed E-state index contributed by atoms with van der Waals surface area (Å²) in [6, 6.07) is 18.2. The van der Waals surface area contributed by atoms with Gasteiger partial charge in [0.25, 0.3) is 0 Å². The Morgan fingerprint density at radius 3 is 2.12 bits per heavy atom. The normalized spacial score (nSPS) is 8.08. The Hall–Kier alpha value is -0.298. The summed E-state index contributed by atoms with van der Waals surface area (Å²) in [7, 11) is 1.39. The molecular weight excluding hydrogens is 545 g/mol. The molecule has 0 aliphatic rings. The molecule has 0 unspecified atom stereocenters. The van der Waals surface area contributed by atoms with Gasteiger partial charge in [0.15, 0.2) is 0 Å². The molecule has 0 fully saturated rings. The Bertz CT molecular complexity index is 557. The van der Waals surface area contributed by atoms with Gasteiger partial charge >= 0.3 is 5.97 Å². The van der Waals surface area contributed by atoms with E-state index in [2.05, 4.69) is 16.9 Å². The molecule has 2 rings (SSSR count). The van der Waals surface area contributed by atoms with Crippen LogP contribution >= 0.6 is 0 Å². The molecule has 0 N–H and O–H groups in total. The van der Waals surface area contributed by atoms with Crippen LogP contribution in [0.15, 0.2) is 36.4 Å². The molecule has 1 radical (unpaired) electrons. The van der Waals surface area contributed by atoms with Gasteiger partial charge in [-0.25, -0.2) is 17.2 Å². The van der Waals surface area contributed by atoms with Crippen molar-refractivity contribution in [3.63, 3.8) is 0 Å². The first-order valence-corrected chi connectivity index (χ1v) is 7.76. The second-order valence-corrected chi connectivity index (χ2v) is 4.07. The van der Waals surface area contributed by atoms with Crippen LogP contribution in [0.5, 0.6) is 0 Å². The summed E-state index contributed by atoms with van der Waals surface area (Å²) < 4.78 is 4.69. The van der Waals surface area contributed by atoms with Crippen molar-refractivity contribution in [1.82, 2.24) is 0 Å². The van der Waals surface area contributed by atoms with Gasteiger partial charge in [-0.2, -0.15) is 5.56 Å². The van der Waals surface area contributed by atoms with Crippen molar-refractivity contribution in [2.75, 3.05) is 7.11 Å². The van der Waals surface area contributed by atoms with Crippen LogP contribution in [0.4, 0.5) is 0 Å². The smallest absolute Gasteiger partial charge is 0.306 e. The van der Waals surface area contributed by atoms with Crippen molar-refractivity contribution in [2.24, 2.45) is 0 Å². The SMILES string of the molecule is CC.CC.COC(=O)Cc1[c-]c(-c2ccccc2)[c-]cc1C.[W].[Y]. The van der Waals surface area contributed by atoms with E-state index in [4.69, 9.17) is 0 Å². The second kappa shape index (κ2) is 17.5. The predicted octanol–water partition coefficient (Wildman–Crippen LogP) is 5.03. The van der Waals surface area contributed by atoms with Gasteiger partial charge in [0, 0.05) is 60.2 Å². The van der Waals surface area contributed by atoms with Gasteiger partial charge in [0.1, 0.15) is 0 Å². The summed E-state index contributed by atoms with van der Waals surface area (Å²) in [4.78, 5) is 11.3. The standard InChI is InChI=1S/C16H14O2.2C2H6.W.Y/c1-12-8-9-14(13-6-4-3-5-7-13)10-15(12)11-16(17)18-2;2*1-2;;/h3-8H,11H2,1-2H3;2*1-2H3;;/q-2;;;;. The quantitative estimate of drug-likeness (QED) is 0.382. The second-order valence-electron chi connectivity index (χ2n) is 4.07. The number of hydrogen-bond donors (Lipinski definition) is 0. The Morgan fingerprint density at radius 1 is 1.08 bits per heavy atom. The van der Waals surface area contributed by atoms with E-state index in [9.17, 15) is 4.79 Å². The van der Waals surface area contributed by atoms with Crippen molar-refractivity contribution >= 4 is 5.97 Å². The number of ether oxygens (including phenoxy) is 1. The molecule has 0 amide bonds. The van der Waals surface area contributed by atoms with Gasteiger partial charge in [0.2, 0.25) is 0 Å². The van der Waals surface area contributed by atoms with Crippen LogP contribution in [0.3, 0.4) is 0 Å². The first-order valence-electron chi connectivity index (χ1n) is 7.76. The molecule has 0 saturated heterocycles. The van der Waals surface area contributed by atoms with Crippen LogP contribution in [0.2, 0.25) is 0 Å². The minimum atomic E-state index is -0.250. The first kappa shape index (κ1) is 28.5. The Morgan fingerprint density at radius 2 is 1.62 bits per heavy atom. The Labute approximate surface area is 186 Å². The largest absolute Gasteiger partial charge is 0.469 e. The number of carbonyl (C=O) groups is 1. The average Bonchev–Trinajstić information content (AvgIpc) is 2.61. The van der Waals surface area contributed by atoms with E-state index in [1.54, 1.807) is 0 Å². The number of hydrogen-bond acceptors (Lipinski definition) is 2. The molecule has 4 heteroatoms. The zero-order chi connectivity index (χ0) is 17.0. The van der Waals surface area contributed by atoms with E-state index in [0.717, 1.165) is 22.3 Å². The third kappa shape index (κ3) is 9.87. The van der Waals surface area contributed by atoms with Gasteiger partial charge in [-0.1, -0.05) is 45.9 Å². The summed E-state index contributed by atoms with van der Waals surface area (Å²) in [5, 5.41) is 0. The van der Waals surface area contributed by atoms with Crippen LogP contribution in [-0.2, 0) is 69.7 Å². The topological polar surface area (TPSA) is 26.3 Å². The number of benzene rings is 2. The first-order chi connectivity index (χ1) is 10.7. The molecule has 0 saturated carbocycles.